The third kappa shape index (κ3) is 2.43. The summed E-state index contributed by atoms with van der Waals surface area (Å²) in [6.07, 6.45) is 7.65. The predicted molar refractivity (Wildman–Crippen MR) is 70.8 cm³/mol. The van der Waals surface area contributed by atoms with Crippen molar-refractivity contribution in [3.05, 3.63) is 65.5 Å². The van der Waals surface area contributed by atoms with E-state index in [4.69, 9.17) is 5.11 Å². The molecule has 92 valence electrons. The Labute approximate surface area is 105 Å². The highest BCUT2D eigenvalue weighted by Gasteiger charge is 2.08. The standard InChI is InChI=1S/C14H14N2O2/c1-15-13(12-4-2-3-9-16-12)10-5-7-11(8-6-10)14(17)18/h2-9,15-16H,1H3,(H,17,18)/b13-12-. The van der Waals surface area contributed by atoms with E-state index in [0.717, 1.165) is 17.0 Å². The lowest BCUT2D eigenvalue weighted by atomic mass is 10.1. The maximum absolute atomic E-state index is 10.8. The van der Waals surface area contributed by atoms with E-state index in [9.17, 15) is 4.79 Å². The van der Waals surface area contributed by atoms with Gasteiger partial charge in [-0.3, -0.25) is 0 Å². The molecule has 1 aliphatic heterocycles. The molecule has 0 bridgehead atoms. The summed E-state index contributed by atoms with van der Waals surface area (Å²) in [7, 11) is 1.83. The Morgan fingerprint density at radius 3 is 2.33 bits per heavy atom. The highest BCUT2D eigenvalue weighted by molar-refractivity contribution is 5.88. The first-order chi connectivity index (χ1) is 8.72. The zero-order valence-electron chi connectivity index (χ0n) is 9.97. The molecule has 0 atom stereocenters. The summed E-state index contributed by atoms with van der Waals surface area (Å²) >= 11 is 0. The van der Waals surface area contributed by atoms with Crippen LogP contribution < -0.4 is 10.6 Å². The molecule has 4 heteroatoms. The van der Waals surface area contributed by atoms with Crippen LogP contribution in [-0.4, -0.2) is 18.1 Å². The zero-order valence-corrected chi connectivity index (χ0v) is 9.97. The molecule has 4 nitrogen and oxygen atoms in total. The number of aromatic carboxylic acids is 1. The maximum atomic E-state index is 10.8. The van der Waals surface area contributed by atoms with Crippen LogP contribution in [0.15, 0.2) is 54.4 Å². The molecular weight excluding hydrogens is 228 g/mol. The fraction of sp³-hybridized carbons (Fsp3) is 0.0714. The highest BCUT2D eigenvalue weighted by atomic mass is 16.4. The molecule has 0 saturated heterocycles. The van der Waals surface area contributed by atoms with Gasteiger partial charge in [-0.2, -0.15) is 0 Å². The monoisotopic (exact) mass is 242 g/mol. The fourth-order valence-corrected chi connectivity index (χ4v) is 1.76. The average Bonchev–Trinajstić information content (AvgIpc) is 2.41. The van der Waals surface area contributed by atoms with Crippen molar-refractivity contribution >= 4 is 11.7 Å². The van der Waals surface area contributed by atoms with Gasteiger partial charge >= 0.3 is 5.97 Å². The number of allylic oxidation sites excluding steroid dienone is 3. The van der Waals surface area contributed by atoms with Crippen LogP contribution in [0.4, 0.5) is 0 Å². The van der Waals surface area contributed by atoms with E-state index in [1.54, 1.807) is 24.3 Å². The van der Waals surface area contributed by atoms with Crippen molar-refractivity contribution in [3.63, 3.8) is 0 Å². The van der Waals surface area contributed by atoms with E-state index in [1.165, 1.54) is 0 Å². The second-order valence-corrected chi connectivity index (χ2v) is 3.78. The van der Waals surface area contributed by atoms with E-state index in [0.29, 0.717) is 0 Å². The van der Waals surface area contributed by atoms with Gasteiger partial charge in [-0.15, -0.1) is 0 Å². The largest absolute Gasteiger partial charge is 0.478 e. The molecule has 0 aliphatic carbocycles. The minimum Gasteiger partial charge on any atom is -0.478 e. The van der Waals surface area contributed by atoms with E-state index in [2.05, 4.69) is 10.6 Å². The summed E-state index contributed by atoms with van der Waals surface area (Å²) in [5.41, 5.74) is 3.09. The lowest BCUT2D eigenvalue weighted by molar-refractivity contribution is 0.0697. The second-order valence-electron chi connectivity index (χ2n) is 3.78. The third-order valence-corrected chi connectivity index (χ3v) is 2.65. The van der Waals surface area contributed by atoms with Crippen molar-refractivity contribution in [2.24, 2.45) is 0 Å². The van der Waals surface area contributed by atoms with E-state index in [-0.39, 0.29) is 5.56 Å². The number of hydrogen-bond acceptors (Lipinski definition) is 3. The smallest absolute Gasteiger partial charge is 0.335 e. The summed E-state index contributed by atoms with van der Waals surface area (Å²) in [5, 5.41) is 15.1. The van der Waals surface area contributed by atoms with Crippen LogP contribution in [0.3, 0.4) is 0 Å². The Hall–Kier alpha value is -2.49. The Morgan fingerprint density at radius 2 is 1.83 bits per heavy atom. The van der Waals surface area contributed by atoms with Crippen LogP contribution in [0.5, 0.6) is 0 Å². The molecule has 1 aromatic rings. The van der Waals surface area contributed by atoms with E-state index >= 15 is 0 Å². The lowest BCUT2D eigenvalue weighted by Crippen LogP contribution is -2.15. The summed E-state index contributed by atoms with van der Waals surface area (Å²) in [4.78, 5) is 10.8. The van der Waals surface area contributed by atoms with Gasteiger partial charge in [-0.25, -0.2) is 4.79 Å². The predicted octanol–water partition coefficient (Wildman–Crippen LogP) is 1.95. The minimum absolute atomic E-state index is 0.284. The zero-order chi connectivity index (χ0) is 13.0. The molecule has 1 aliphatic rings. The average molecular weight is 242 g/mol. The topological polar surface area (TPSA) is 61.4 Å². The molecule has 1 aromatic carbocycles. The molecule has 0 amide bonds. The Balaban J connectivity index is 2.36. The van der Waals surface area contributed by atoms with Crippen molar-refractivity contribution in [1.29, 1.82) is 0 Å². The molecule has 1 heterocycles. The number of carboxylic acids is 1. The molecular formula is C14H14N2O2. The Bertz CT molecular complexity index is 539. The summed E-state index contributed by atoms with van der Waals surface area (Å²) in [6, 6.07) is 6.77. The second kappa shape index (κ2) is 5.23. The summed E-state index contributed by atoms with van der Waals surface area (Å²) in [6.45, 7) is 0. The van der Waals surface area contributed by atoms with Crippen molar-refractivity contribution in [2.75, 3.05) is 7.05 Å². The van der Waals surface area contributed by atoms with Gasteiger partial charge in [0.05, 0.1) is 17.0 Å². The number of dihydropyridines is 1. The first kappa shape index (κ1) is 12.0. The normalized spacial score (nSPS) is 16.1. The summed E-state index contributed by atoms with van der Waals surface area (Å²) in [5.74, 6) is -0.918. The Morgan fingerprint density at radius 1 is 1.17 bits per heavy atom. The van der Waals surface area contributed by atoms with Gasteiger partial charge in [0.2, 0.25) is 0 Å². The van der Waals surface area contributed by atoms with Crippen molar-refractivity contribution < 1.29 is 9.90 Å². The van der Waals surface area contributed by atoms with Gasteiger partial charge in [0.15, 0.2) is 0 Å². The molecule has 18 heavy (non-hydrogen) atoms. The SMILES string of the molecule is CN/C(=C1/C=CC=CN1)c1ccc(C(=O)O)cc1. The van der Waals surface area contributed by atoms with Crippen LogP contribution in [0.25, 0.3) is 5.70 Å². The van der Waals surface area contributed by atoms with Crippen molar-refractivity contribution in [1.82, 2.24) is 10.6 Å². The highest BCUT2D eigenvalue weighted by Crippen LogP contribution is 2.17. The summed E-state index contributed by atoms with van der Waals surface area (Å²) < 4.78 is 0. The van der Waals surface area contributed by atoms with Crippen LogP contribution in [0.2, 0.25) is 0 Å². The van der Waals surface area contributed by atoms with E-state index in [1.807, 2.05) is 31.5 Å². The number of carboxylic acid groups (broad SMARTS) is 1. The van der Waals surface area contributed by atoms with Crippen LogP contribution in [0.1, 0.15) is 15.9 Å². The quantitative estimate of drug-likeness (QED) is 0.758. The first-order valence-electron chi connectivity index (χ1n) is 5.58. The molecule has 0 spiro atoms. The lowest BCUT2D eigenvalue weighted by Gasteiger charge is -2.14. The molecule has 0 radical (unpaired) electrons. The van der Waals surface area contributed by atoms with Crippen molar-refractivity contribution in [2.45, 2.75) is 0 Å². The first-order valence-corrected chi connectivity index (χ1v) is 5.58. The number of hydrogen-bond donors (Lipinski definition) is 3. The van der Waals surface area contributed by atoms with Crippen molar-refractivity contribution in [3.8, 4) is 0 Å². The number of carbonyl (C=O) groups is 1. The molecule has 0 saturated carbocycles. The number of nitrogens with one attached hydrogen (secondary N) is 2. The van der Waals surface area contributed by atoms with Gasteiger partial charge in [0, 0.05) is 13.2 Å². The van der Waals surface area contributed by atoms with E-state index < -0.39 is 5.97 Å². The molecule has 0 aromatic heterocycles. The van der Waals surface area contributed by atoms with Gasteiger partial charge in [-0.05, 0) is 29.8 Å². The van der Waals surface area contributed by atoms with Gasteiger partial charge in [0.25, 0.3) is 0 Å². The van der Waals surface area contributed by atoms with Gasteiger partial charge in [0.1, 0.15) is 0 Å². The Kier molecular flexibility index (Phi) is 3.48. The molecule has 0 unspecified atom stereocenters. The van der Waals surface area contributed by atoms with Gasteiger partial charge < -0.3 is 15.7 Å². The van der Waals surface area contributed by atoms with Crippen LogP contribution >= 0.6 is 0 Å². The fourth-order valence-electron chi connectivity index (χ4n) is 1.76. The molecule has 0 fully saturated rings. The number of benzene rings is 1. The maximum Gasteiger partial charge on any atom is 0.335 e. The minimum atomic E-state index is -0.918. The van der Waals surface area contributed by atoms with Crippen LogP contribution in [-0.2, 0) is 0 Å². The number of rotatable bonds is 3. The van der Waals surface area contributed by atoms with Gasteiger partial charge in [-0.1, -0.05) is 18.2 Å². The van der Waals surface area contributed by atoms with Crippen LogP contribution in [0, 0.1) is 0 Å². The third-order valence-electron chi connectivity index (χ3n) is 2.65. The molecule has 2 rings (SSSR count). The molecule has 3 N–H and O–H groups in total.